The molecule has 1 aliphatic rings. The normalized spacial score (nSPS) is 27.3. The molecule has 1 aromatic rings. The van der Waals surface area contributed by atoms with Crippen LogP contribution < -0.4 is 10.5 Å². The number of benzene rings is 1. The zero-order valence-electron chi connectivity index (χ0n) is 11.9. The van der Waals surface area contributed by atoms with Crippen LogP contribution in [0.4, 0.5) is 0 Å². The fraction of sp³-hybridized carbons (Fsp3) is 0.625. The maximum Gasteiger partial charge on any atom is 0.123 e. The van der Waals surface area contributed by atoms with E-state index in [1.807, 2.05) is 18.2 Å². The highest BCUT2D eigenvalue weighted by molar-refractivity contribution is 6.30. The zero-order chi connectivity index (χ0) is 13.8. The Morgan fingerprint density at radius 2 is 1.89 bits per heavy atom. The van der Waals surface area contributed by atoms with Crippen molar-refractivity contribution < 1.29 is 4.74 Å². The lowest BCUT2D eigenvalue weighted by Crippen LogP contribution is -2.28. The SMILES string of the molecule is CC1CC(C)CC(Oc2ccc(Cl)cc2CCN)C1. The van der Waals surface area contributed by atoms with Crippen LogP contribution >= 0.6 is 11.6 Å². The second kappa shape index (κ2) is 6.62. The van der Waals surface area contributed by atoms with E-state index in [4.69, 9.17) is 22.1 Å². The molecule has 1 saturated carbocycles. The molecule has 2 atom stereocenters. The third-order valence-electron chi connectivity index (χ3n) is 3.87. The van der Waals surface area contributed by atoms with E-state index in [1.165, 1.54) is 6.42 Å². The molecule has 0 amide bonds. The van der Waals surface area contributed by atoms with Crippen molar-refractivity contribution >= 4 is 11.6 Å². The van der Waals surface area contributed by atoms with Gasteiger partial charge in [0.25, 0.3) is 0 Å². The van der Waals surface area contributed by atoms with Crippen LogP contribution in [0.15, 0.2) is 18.2 Å². The first-order valence-electron chi connectivity index (χ1n) is 7.23. The number of hydrogen-bond acceptors (Lipinski definition) is 2. The van der Waals surface area contributed by atoms with Crippen LogP contribution in [0, 0.1) is 11.8 Å². The molecular weight excluding hydrogens is 258 g/mol. The molecule has 1 aromatic carbocycles. The number of nitrogens with two attached hydrogens (primary N) is 1. The Bertz CT molecular complexity index is 411. The van der Waals surface area contributed by atoms with E-state index in [2.05, 4.69) is 13.8 Å². The topological polar surface area (TPSA) is 35.2 Å². The molecule has 0 spiro atoms. The van der Waals surface area contributed by atoms with Gasteiger partial charge in [-0.3, -0.25) is 0 Å². The van der Waals surface area contributed by atoms with Gasteiger partial charge in [0.2, 0.25) is 0 Å². The molecule has 0 heterocycles. The summed E-state index contributed by atoms with van der Waals surface area (Å²) < 4.78 is 6.22. The van der Waals surface area contributed by atoms with E-state index in [9.17, 15) is 0 Å². The van der Waals surface area contributed by atoms with Gasteiger partial charge in [-0.2, -0.15) is 0 Å². The van der Waals surface area contributed by atoms with Gasteiger partial charge in [0, 0.05) is 5.02 Å². The van der Waals surface area contributed by atoms with Crippen molar-refractivity contribution in [3.05, 3.63) is 28.8 Å². The van der Waals surface area contributed by atoms with Crippen molar-refractivity contribution in [2.24, 2.45) is 17.6 Å². The minimum absolute atomic E-state index is 0.330. The largest absolute Gasteiger partial charge is 0.490 e. The van der Waals surface area contributed by atoms with Gasteiger partial charge in [0.15, 0.2) is 0 Å². The van der Waals surface area contributed by atoms with E-state index in [1.54, 1.807) is 0 Å². The molecule has 2 N–H and O–H groups in total. The molecular formula is C16H24ClNO. The highest BCUT2D eigenvalue weighted by Crippen LogP contribution is 2.33. The van der Waals surface area contributed by atoms with Crippen molar-refractivity contribution in [2.45, 2.75) is 45.6 Å². The van der Waals surface area contributed by atoms with Crippen molar-refractivity contribution in [2.75, 3.05) is 6.54 Å². The highest BCUT2D eigenvalue weighted by atomic mass is 35.5. The van der Waals surface area contributed by atoms with Crippen LogP contribution in [0.5, 0.6) is 5.75 Å². The second-order valence-electron chi connectivity index (χ2n) is 5.95. The van der Waals surface area contributed by atoms with E-state index < -0.39 is 0 Å². The summed E-state index contributed by atoms with van der Waals surface area (Å²) in [6.45, 7) is 5.25. The quantitative estimate of drug-likeness (QED) is 0.904. The number of hydrogen-bond donors (Lipinski definition) is 1. The molecule has 0 radical (unpaired) electrons. The van der Waals surface area contributed by atoms with Gasteiger partial charge in [-0.25, -0.2) is 0 Å². The number of rotatable bonds is 4. The van der Waals surface area contributed by atoms with Gasteiger partial charge >= 0.3 is 0 Å². The molecule has 3 heteroatoms. The Balaban J connectivity index is 2.09. The molecule has 19 heavy (non-hydrogen) atoms. The summed E-state index contributed by atoms with van der Waals surface area (Å²) in [5.41, 5.74) is 6.78. The average molecular weight is 282 g/mol. The van der Waals surface area contributed by atoms with Crippen molar-refractivity contribution in [3.8, 4) is 5.75 Å². The first-order chi connectivity index (χ1) is 9.08. The van der Waals surface area contributed by atoms with Crippen LogP contribution in [0.3, 0.4) is 0 Å². The molecule has 1 fully saturated rings. The third kappa shape index (κ3) is 4.12. The number of halogens is 1. The van der Waals surface area contributed by atoms with Gasteiger partial charge in [-0.1, -0.05) is 25.4 Å². The summed E-state index contributed by atoms with van der Waals surface area (Å²) in [6.07, 6.45) is 4.75. The molecule has 0 saturated heterocycles. The van der Waals surface area contributed by atoms with Gasteiger partial charge in [-0.15, -0.1) is 0 Å². The fourth-order valence-electron chi connectivity index (χ4n) is 3.16. The first-order valence-corrected chi connectivity index (χ1v) is 7.61. The van der Waals surface area contributed by atoms with Gasteiger partial charge in [0.05, 0.1) is 6.10 Å². The van der Waals surface area contributed by atoms with Crippen molar-refractivity contribution in [3.63, 3.8) is 0 Å². The molecule has 0 aromatic heterocycles. The maximum atomic E-state index is 6.22. The van der Waals surface area contributed by atoms with Crippen LogP contribution in [0.25, 0.3) is 0 Å². The summed E-state index contributed by atoms with van der Waals surface area (Å²) in [5, 5.41) is 0.751. The van der Waals surface area contributed by atoms with Gasteiger partial charge in [0.1, 0.15) is 5.75 Å². The number of ether oxygens (including phenoxy) is 1. The van der Waals surface area contributed by atoms with Crippen molar-refractivity contribution in [1.82, 2.24) is 0 Å². The van der Waals surface area contributed by atoms with Gasteiger partial charge in [-0.05, 0) is 67.8 Å². The van der Waals surface area contributed by atoms with Gasteiger partial charge < -0.3 is 10.5 Å². The highest BCUT2D eigenvalue weighted by Gasteiger charge is 2.25. The molecule has 2 rings (SSSR count). The molecule has 0 bridgehead atoms. The fourth-order valence-corrected chi connectivity index (χ4v) is 3.36. The van der Waals surface area contributed by atoms with Crippen LogP contribution in [-0.2, 0) is 6.42 Å². The zero-order valence-corrected chi connectivity index (χ0v) is 12.6. The standard InChI is InChI=1S/C16H24ClNO/c1-11-7-12(2)9-15(8-11)19-16-4-3-14(17)10-13(16)5-6-18/h3-4,10-12,15H,5-9,18H2,1-2H3. The maximum absolute atomic E-state index is 6.22. The summed E-state index contributed by atoms with van der Waals surface area (Å²) in [7, 11) is 0. The average Bonchev–Trinajstić information content (AvgIpc) is 2.32. The molecule has 2 nitrogen and oxygen atoms in total. The lowest BCUT2D eigenvalue weighted by Gasteiger charge is -2.32. The monoisotopic (exact) mass is 281 g/mol. The second-order valence-corrected chi connectivity index (χ2v) is 6.38. The van der Waals surface area contributed by atoms with E-state index in [0.29, 0.717) is 12.6 Å². The Morgan fingerprint density at radius 3 is 2.53 bits per heavy atom. The minimum Gasteiger partial charge on any atom is -0.490 e. The van der Waals surface area contributed by atoms with Crippen LogP contribution in [0.1, 0.15) is 38.7 Å². The lowest BCUT2D eigenvalue weighted by molar-refractivity contribution is 0.100. The van der Waals surface area contributed by atoms with E-state index in [-0.39, 0.29) is 0 Å². The predicted molar refractivity (Wildman–Crippen MR) is 80.8 cm³/mol. The smallest absolute Gasteiger partial charge is 0.123 e. The third-order valence-corrected chi connectivity index (χ3v) is 4.10. The molecule has 106 valence electrons. The molecule has 2 unspecified atom stereocenters. The Kier molecular flexibility index (Phi) is 5.12. The predicted octanol–water partition coefficient (Wildman–Crippen LogP) is 4.04. The Labute approximate surface area is 121 Å². The minimum atomic E-state index is 0.330. The first kappa shape index (κ1) is 14.7. The van der Waals surface area contributed by atoms with E-state index in [0.717, 1.165) is 47.4 Å². The summed E-state index contributed by atoms with van der Waals surface area (Å²) in [4.78, 5) is 0. The van der Waals surface area contributed by atoms with Crippen LogP contribution in [0.2, 0.25) is 5.02 Å². The lowest BCUT2D eigenvalue weighted by atomic mass is 9.82. The van der Waals surface area contributed by atoms with E-state index >= 15 is 0 Å². The van der Waals surface area contributed by atoms with Crippen molar-refractivity contribution in [1.29, 1.82) is 0 Å². The summed E-state index contributed by atoms with van der Waals surface area (Å²) >= 11 is 6.05. The Morgan fingerprint density at radius 1 is 1.21 bits per heavy atom. The molecule has 0 aliphatic heterocycles. The molecule has 1 aliphatic carbocycles. The summed E-state index contributed by atoms with van der Waals surface area (Å²) in [6, 6.07) is 5.85. The van der Waals surface area contributed by atoms with Crippen LogP contribution in [-0.4, -0.2) is 12.6 Å². The Hall–Kier alpha value is -0.730. The summed E-state index contributed by atoms with van der Waals surface area (Å²) in [5.74, 6) is 2.46.